The quantitative estimate of drug-likeness (QED) is 0.598. The fourth-order valence-electron chi connectivity index (χ4n) is 2.14. The molecule has 2 rings (SSSR count). The van der Waals surface area contributed by atoms with Crippen LogP contribution in [-0.2, 0) is 9.53 Å². The third-order valence-electron chi connectivity index (χ3n) is 3.16. The summed E-state index contributed by atoms with van der Waals surface area (Å²) in [6, 6.07) is 6.15. The predicted molar refractivity (Wildman–Crippen MR) is 67.4 cm³/mol. The van der Waals surface area contributed by atoms with Crippen molar-refractivity contribution < 1.29 is 13.9 Å². The van der Waals surface area contributed by atoms with Crippen molar-refractivity contribution in [1.29, 1.82) is 0 Å². The van der Waals surface area contributed by atoms with Gasteiger partial charge in [0.05, 0.1) is 5.92 Å². The summed E-state index contributed by atoms with van der Waals surface area (Å²) in [4.78, 5) is 11.7. The fourth-order valence-corrected chi connectivity index (χ4v) is 2.14. The van der Waals surface area contributed by atoms with Gasteiger partial charge in [0.25, 0.3) is 0 Å². The van der Waals surface area contributed by atoms with Crippen LogP contribution in [0.1, 0.15) is 37.9 Å². The molecule has 18 heavy (non-hydrogen) atoms. The summed E-state index contributed by atoms with van der Waals surface area (Å²) < 4.78 is 18.2. The lowest BCUT2D eigenvalue weighted by molar-refractivity contribution is -0.144. The van der Waals surface area contributed by atoms with E-state index in [0.29, 0.717) is 6.42 Å². The van der Waals surface area contributed by atoms with Gasteiger partial charge in [-0.15, -0.1) is 0 Å². The highest BCUT2D eigenvalue weighted by Gasteiger charge is 2.34. The highest BCUT2D eigenvalue weighted by Crippen LogP contribution is 2.35. The Hall–Kier alpha value is -1.64. The molecular formula is C15H17FO2. The van der Waals surface area contributed by atoms with Gasteiger partial charge in [0.2, 0.25) is 0 Å². The zero-order valence-corrected chi connectivity index (χ0v) is 10.4. The highest BCUT2D eigenvalue weighted by atomic mass is 19.1. The van der Waals surface area contributed by atoms with Crippen LogP contribution in [0.2, 0.25) is 0 Å². The maximum atomic E-state index is 12.8. The first kappa shape index (κ1) is 12.8. The summed E-state index contributed by atoms with van der Waals surface area (Å²) in [6.45, 7) is 2.06. The minimum Gasteiger partial charge on any atom is -0.457 e. The number of carbonyl (C=O) groups is 1. The van der Waals surface area contributed by atoms with Gasteiger partial charge >= 0.3 is 5.97 Å². The number of cyclic esters (lactones) is 1. The van der Waals surface area contributed by atoms with Gasteiger partial charge in [0, 0.05) is 6.42 Å². The first-order valence-electron chi connectivity index (χ1n) is 6.31. The van der Waals surface area contributed by atoms with Gasteiger partial charge < -0.3 is 4.74 Å². The average molecular weight is 248 g/mol. The van der Waals surface area contributed by atoms with E-state index in [1.165, 1.54) is 12.1 Å². The predicted octanol–water partition coefficient (Wildman–Crippen LogP) is 3.79. The van der Waals surface area contributed by atoms with Gasteiger partial charge in [0.1, 0.15) is 11.9 Å². The van der Waals surface area contributed by atoms with Crippen LogP contribution in [0.5, 0.6) is 0 Å². The first-order chi connectivity index (χ1) is 8.70. The number of benzene rings is 1. The summed E-state index contributed by atoms with van der Waals surface area (Å²) in [5.41, 5.74) is 0.867. The number of allylic oxidation sites excluding steroid dienone is 2. The van der Waals surface area contributed by atoms with E-state index in [2.05, 4.69) is 13.0 Å². The van der Waals surface area contributed by atoms with Crippen molar-refractivity contribution in [3.05, 3.63) is 47.8 Å². The van der Waals surface area contributed by atoms with E-state index in [9.17, 15) is 9.18 Å². The zero-order chi connectivity index (χ0) is 13.0. The Balaban J connectivity index is 1.99. The van der Waals surface area contributed by atoms with Gasteiger partial charge in [-0.2, -0.15) is 0 Å². The monoisotopic (exact) mass is 248 g/mol. The zero-order valence-electron chi connectivity index (χ0n) is 10.4. The van der Waals surface area contributed by atoms with Crippen molar-refractivity contribution in [1.82, 2.24) is 0 Å². The van der Waals surface area contributed by atoms with Crippen molar-refractivity contribution in [2.24, 2.45) is 5.92 Å². The van der Waals surface area contributed by atoms with E-state index in [-0.39, 0.29) is 23.8 Å². The van der Waals surface area contributed by atoms with Crippen LogP contribution in [0, 0.1) is 11.7 Å². The van der Waals surface area contributed by atoms with Gasteiger partial charge in [0.15, 0.2) is 0 Å². The van der Waals surface area contributed by atoms with Gasteiger partial charge in [-0.25, -0.2) is 4.39 Å². The molecule has 2 nitrogen and oxygen atoms in total. The second-order valence-electron chi connectivity index (χ2n) is 4.53. The standard InChI is InChI=1S/C15H17FO2/c1-2-3-4-5-12-10-14(18-15(12)17)11-6-8-13(16)9-7-11/h3-4,6-9,12,14H,2,5,10H2,1H3/b4-3-/t12-,14+/m0/s1. The highest BCUT2D eigenvalue weighted by molar-refractivity contribution is 5.75. The minimum absolute atomic E-state index is 0.0668. The number of hydrogen-bond donors (Lipinski definition) is 0. The molecule has 1 fully saturated rings. The summed E-state index contributed by atoms with van der Waals surface area (Å²) in [6.07, 6.45) is 6.24. The summed E-state index contributed by atoms with van der Waals surface area (Å²) in [7, 11) is 0. The van der Waals surface area contributed by atoms with E-state index < -0.39 is 0 Å². The lowest BCUT2D eigenvalue weighted by atomic mass is 9.97. The molecular weight excluding hydrogens is 231 g/mol. The summed E-state index contributed by atoms with van der Waals surface area (Å²) in [5.74, 6) is -0.488. The molecule has 1 saturated heterocycles. The minimum atomic E-state index is -0.273. The van der Waals surface area contributed by atoms with Crippen molar-refractivity contribution >= 4 is 5.97 Å². The summed E-state index contributed by atoms with van der Waals surface area (Å²) in [5, 5.41) is 0. The molecule has 0 N–H and O–H groups in total. The molecule has 0 spiro atoms. The maximum absolute atomic E-state index is 12.8. The molecule has 0 amide bonds. The third kappa shape index (κ3) is 2.97. The number of hydrogen-bond acceptors (Lipinski definition) is 2. The smallest absolute Gasteiger partial charge is 0.310 e. The van der Waals surface area contributed by atoms with E-state index in [4.69, 9.17) is 4.74 Å². The molecule has 1 aliphatic heterocycles. The molecule has 0 radical (unpaired) electrons. The lowest BCUT2D eigenvalue weighted by Gasteiger charge is -2.08. The molecule has 1 aliphatic rings. The summed E-state index contributed by atoms with van der Waals surface area (Å²) >= 11 is 0. The van der Waals surface area contributed by atoms with E-state index >= 15 is 0 Å². The number of rotatable bonds is 4. The van der Waals surface area contributed by atoms with Gasteiger partial charge in [-0.1, -0.05) is 31.2 Å². The average Bonchev–Trinajstić information content (AvgIpc) is 2.72. The second kappa shape index (κ2) is 5.80. The van der Waals surface area contributed by atoms with Crippen LogP contribution in [0.25, 0.3) is 0 Å². The number of carbonyl (C=O) groups excluding carboxylic acids is 1. The lowest BCUT2D eigenvalue weighted by Crippen LogP contribution is -2.05. The van der Waals surface area contributed by atoms with Crippen molar-refractivity contribution in [3.63, 3.8) is 0 Å². The molecule has 2 atom stereocenters. The molecule has 96 valence electrons. The number of esters is 1. The number of ether oxygens (including phenoxy) is 1. The Kier molecular flexibility index (Phi) is 4.13. The van der Waals surface area contributed by atoms with Gasteiger partial charge in [-0.05, 0) is 30.5 Å². The van der Waals surface area contributed by atoms with Crippen LogP contribution < -0.4 is 0 Å². The molecule has 0 unspecified atom stereocenters. The SMILES string of the molecule is CC/C=C\C[C@H]1C[C@H](c2ccc(F)cc2)OC1=O. The Labute approximate surface area is 106 Å². The first-order valence-corrected chi connectivity index (χ1v) is 6.31. The molecule has 3 heteroatoms. The topological polar surface area (TPSA) is 26.3 Å². The molecule has 0 bridgehead atoms. The van der Waals surface area contributed by atoms with E-state index in [0.717, 1.165) is 18.4 Å². The molecule has 0 saturated carbocycles. The Morgan fingerprint density at radius 2 is 2.06 bits per heavy atom. The van der Waals surface area contributed by atoms with Crippen LogP contribution >= 0.6 is 0 Å². The largest absolute Gasteiger partial charge is 0.457 e. The van der Waals surface area contributed by atoms with E-state index in [1.807, 2.05) is 6.08 Å². The fraction of sp³-hybridized carbons (Fsp3) is 0.400. The molecule has 1 heterocycles. The molecule has 1 aromatic rings. The Morgan fingerprint density at radius 1 is 1.33 bits per heavy atom. The Bertz CT molecular complexity index is 436. The van der Waals surface area contributed by atoms with Crippen LogP contribution in [0.15, 0.2) is 36.4 Å². The Morgan fingerprint density at radius 3 is 2.72 bits per heavy atom. The van der Waals surface area contributed by atoms with Crippen LogP contribution in [0.3, 0.4) is 0 Å². The molecule has 0 aliphatic carbocycles. The second-order valence-corrected chi connectivity index (χ2v) is 4.53. The molecule has 0 aromatic heterocycles. The molecule has 1 aromatic carbocycles. The van der Waals surface area contributed by atoms with Crippen LogP contribution in [0.4, 0.5) is 4.39 Å². The normalized spacial score (nSPS) is 23.6. The van der Waals surface area contributed by atoms with Crippen molar-refractivity contribution in [3.8, 4) is 0 Å². The van der Waals surface area contributed by atoms with Crippen molar-refractivity contribution in [2.75, 3.05) is 0 Å². The van der Waals surface area contributed by atoms with Crippen LogP contribution in [-0.4, -0.2) is 5.97 Å². The van der Waals surface area contributed by atoms with Gasteiger partial charge in [-0.3, -0.25) is 4.79 Å². The third-order valence-corrected chi connectivity index (χ3v) is 3.16. The number of halogens is 1. The van der Waals surface area contributed by atoms with Crippen molar-refractivity contribution in [2.45, 2.75) is 32.3 Å². The maximum Gasteiger partial charge on any atom is 0.310 e. The van der Waals surface area contributed by atoms with E-state index in [1.54, 1.807) is 12.1 Å².